The van der Waals surface area contributed by atoms with E-state index < -0.39 is 20.6 Å². The van der Waals surface area contributed by atoms with Crippen molar-refractivity contribution in [3.05, 3.63) is 213 Å². The fourth-order valence-electron chi connectivity index (χ4n) is 14.3. The highest BCUT2D eigenvalue weighted by Crippen LogP contribution is 2.40. The van der Waals surface area contributed by atoms with Gasteiger partial charge in [0.15, 0.2) is 5.58 Å². The molecule has 0 unspecified atom stereocenters. The van der Waals surface area contributed by atoms with Crippen molar-refractivity contribution in [2.75, 3.05) is 0 Å². The van der Waals surface area contributed by atoms with Crippen LogP contribution in [0.3, 0.4) is 0 Å². The Balaban J connectivity index is 0.000000131. The molecule has 466 valence electrons. The molecule has 0 fully saturated rings. The Labute approximate surface area is 554 Å². The van der Waals surface area contributed by atoms with Crippen LogP contribution in [-0.2, 0) is 42.3 Å². The van der Waals surface area contributed by atoms with Gasteiger partial charge in [-0.15, -0.1) is 0 Å². The number of nitrogens with zero attached hydrogens (tertiary/aromatic N) is 13. The summed E-state index contributed by atoms with van der Waals surface area (Å²) < 4.78 is 101. The van der Waals surface area contributed by atoms with E-state index in [1.54, 1.807) is 0 Å². The summed E-state index contributed by atoms with van der Waals surface area (Å²) in [5.74, 6) is 1.87. The Morgan fingerprint density at radius 1 is 0.355 bits per heavy atom. The van der Waals surface area contributed by atoms with E-state index in [0.717, 1.165) is 135 Å². The highest BCUT2D eigenvalue weighted by molar-refractivity contribution is 6.10. The molecule has 0 saturated heterocycles. The molecule has 12 aromatic heterocycles. The van der Waals surface area contributed by atoms with Crippen LogP contribution in [0.25, 0.3) is 129 Å². The first-order valence-electron chi connectivity index (χ1n) is 35.6. The van der Waals surface area contributed by atoms with Gasteiger partial charge in [0, 0.05) is 120 Å². The van der Waals surface area contributed by atoms with Crippen molar-refractivity contribution in [1.82, 2.24) is 46.8 Å². The van der Waals surface area contributed by atoms with E-state index in [9.17, 15) is 0 Å². The smallest absolute Gasteiger partial charge is 0.231 e. The lowest BCUT2D eigenvalue weighted by Gasteiger charge is -2.09. The molecule has 0 spiro atoms. The summed E-state index contributed by atoms with van der Waals surface area (Å²) in [5.41, 5.74) is 25.3. The molecule has 0 aliphatic heterocycles. The zero-order valence-corrected chi connectivity index (χ0v) is 55.4. The molecule has 12 heterocycles. The van der Waals surface area contributed by atoms with Gasteiger partial charge in [-0.2, -0.15) is 13.7 Å². The average Bonchev–Trinajstić information content (AvgIpc) is 1.58. The predicted octanol–water partition coefficient (Wildman–Crippen LogP) is 15.7. The van der Waals surface area contributed by atoms with Crippen LogP contribution >= 0.6 is 0 Å². The van der Waals surface area contributed by atoms with Crippen LogP contribution in [0.2, 0.25) is 0 Å². The molecule has 0 atom stereocenters. The molecular weight excluding hydrogens is 1150 g/mol. The van der Waals surface area contributed by atoms with Crippen molar-refractivity contribution < 1.29 is 34.9 Å². The van der Waals surface area contributed by atoms with E-state index in [2.05, 4.69) is 172 Å². The van der Waals surface area contributed by atoms with E-state index in [-0.39, 0.29) is 17.1 Å². The molecular formula is C78H80N13O2+3. The Hall–Kier alpha value is -10.7. The number of rotatable bonds is 6. The monoisotopic (exact) mass is 1240 g/mol. The van der Waals surface area contributed by atoms with Gasteiger partial charge in [-0.1, -0.05) is 60.7 Å². The number of para-hydroxylation sites is 1. The molecule has 4 aromatic carbocycles. The number of hydrogen-bond donors (Lipinski definition) is 0. The number of furan rings is 2. The summed E-state index contributed by atoms with van der Waals surface area (Å²) in [7, 11) is 12.0. The summed E-state index contributed by atoms with van der Waals surface area (Å²) >= 11 is 0. The van der Waals surface area contributed by atoms with E-state index in [1.165, 1.54) is 11.1 Å². The second-order valence-corrected chi connectivity index (χ2v) is 24.7. The summed E-state index contributed by atoms with van der Waals surface area (Å²) in [5, 5.41) is 4.24. The van der Waals surface area contributed by atoms with E-state index >= 15 is 0 Å². The summed E-state index contributed by atoms with van der Waals surface area (Å²) in [6.45, 7) is 13.0. The fraction of sp³-hybridized carbons (Fsp3) is 0.244. The van der Waals surface area contributed by atoms with Crippen LogP contribution < -0.4 is 13.7 Å². The van der Waals surface area contributed by atoms with Gasteiger partial charge in [0.2, 0.25) is 57.2 Å². The molecule has 16 rings (SSSR count). The van der Waals surface area contributed by atoms with Gasteiger partial charge in [0.1, 0.15) is 49.4 Å². The van der Waals surface area contributed by atoms with Crippen molar-refractivity contribution in [2.24, 2.45) is 42.3 Å². The van der Waals surface area contributed by atoms with Gasteiger partial charge in [0.05, 0.1) is 45.3 Å². The maximum atomic E-state index is 7.87. The van der Waals surface area contributed by atoms with Gasteiger partial charge in [-0.25, -0.2) is 19.9 Å². The SMILES string of the molecule is [2H]C([2H])([2H])c1nc2n(C)c(-c3cccc(-c4c(C)ccc5c4oc4ccccc45)[n+]3C)c(C)n2c1C.[2H]C([2H])([2H])c1nc2n(C)c(-c3cccc(-c4c(C)ccc5c4oc4nc(C)ccc45)[n+]3C)c(C)n2c1C.[2H]C([2H])([2H])c1nc2n(C)c(-c3cccc(-c4ccccc4C)[n+]3C)c(C)n2c1C. The largest absolute Gasteiger partial charge is 0.455 e. The molecule has 0 bridgehead atoms. The van der Waals surface area contributed by atoms with Crippen LogP contribution in [0, 0.1) is 89.8 Å². The van der Waals surface area contributed by atoms with E-state index in [1.807, 2.05) is 140 Å². The first kappa shape index (κ1) is 50.0. The third-order valence-corrected chi connectivity index (χ3v) is 19.2. The first-order chi connectivity index (χ1) is 48.2. The molecule has 0 radical (unpaired) electrons. The first-order valence-corrected chi connectivity index (χ1v) is 31.1. The summed E-state index contributed by atoms with van der Waals surface area (Å²) in [6, 6.07) is 47.8. The fourth-order valence-corrected chi connectivity index (χ4v) is 14.3. The topological polar surface area (TPSA) is 118 Å². The Kier molecular flexibility index (Phi) is 12.0. The predicted molar refractivity (Wildman–Crippen MR) is 373 cm³/mol. The van der Waals surface area contributed by atoms with Gasteiger partial charge in [-0.3, -0.25) is 13.2 Å². The number of pyridine rings is 4. The maximum absolute atomic E-state index is 7.87. The average molecular weight is 1240 g/mol. The molecule has 0 aliphatic carbocycles. The number of fused-ring (bicyclic) bond motifs is 9. The highest BCUT2D eigenvalue weighted by atomic mass is 16.3. The lowest BCUT2D eigenvalue weighted by molar-refractivity contribution is -0.649. The van der Waals surface area contributed by atoms with Gasteiger partial charge >= 0.3 is 0 Å². The van der Waals surface area contributed by atoms with E-state index in [0.29, 0.717) is 40.1 Å². The van der Waals surface area contributed by atoms with Crippen molar-refractivity contribution in [1.29, 1.82) is 0 Å². The summed E-state index contributed by atoms with van der Waals surface area (Å²) in [6.07, 6.45) is 0. The minimum Gasteiger partial charge on any atom is -0.455 e. The molecule has 15 nitrogen and oxygen atoms in total. The normalized spacial score (nSPS) is 13.7. The van der Waals surface area contributed by atoms with Crippen LogP contribution in [0.1, 0.15) is 86.0 Å². The number of aromatic nitrogens is 13. The van der Waals surface area contributed by atoms with Crippen LogP contribution in [0.4, 0.5) is 0 Å². The standard InChI is InChI=1S/C28H28N5O.C28H27N4O.C22H25N4/c1-15-11-13-20-21-14-12-16(2)29-27(21)34-26(20)24(15)22-9-8-10-23(31(22)6)25-19(5)33-18(4)17(3)30-28(33)32(25)7;1-16-14-15-21-20-10-7-8-13-24(20)33-27(21)25(16)22-11-9-12-23(30(22)5)26-19(4)32-18(3)17(2)29-28(32)31(26)6;1-14-10-7-8-11-18(14)19-12-9-13-20(24(19)5)21-17(4)26-16(3)15(2)23-22(26)25(21)6/h8-14H,1-7H3;7-15H,1-6H3;7-13H,1-6H3/q3*+1/i3D3;2*2D3. The molecule has 0 N–H and O–H groups in total. The minimum atomic E-state index is -2.26. The van der Waals surface area contributed by atoms with Crippen molar-refractivity contribution in [3.63, 3.8) is 0 Å². The third-order valence-electron chi connectivity index (χ3n) is 19.2. The second-order valence-electron chi connectivity index (χ2n) is 24.7. The molecule has 15 heteroatoms. The number of benzene rings is 4. The molecule has 0 amide bonds. The number of hydrogen-bond acceptors (Lipinski definition) is 6. The van der Waals surface area contributed by atoms with Gasteiger partial charge < -0.3 is 22.5 Å². The second kappa shape index (κ2) is 22.3. The van der Waals surface area contributed by atoms with Crippen LogP contribution in [0.5, 0.6) is 0 Å². The van der Waals surface area contributed by atoms with Crippen molar-refractivity contribution in [3.8, 4) is 67.9 Å². The molecule has 0 saturated carbocycles. The van der Waals surface area contributed by atoms with E-state index in [4.69, 9.17) is 21.2 Å². The third kappa shape index (κ3) is 9.16. The molecule has 0 aliphatic rings. The quantitative estimate of drug-likeness (QED) is 0.153. The van der Waals surface area contributed by atoms with Crippen LogP contribution in [0.15, 0.2) is 148 Å². The molecule has 93 heavy (non-hydrogen) atoms. The Morgan fingerprint density at radius 2 is 0.753 bits per heavy atom. The number of aryl methyl sites for hydroxylation is 16. The maximum Gasteiger partial charge on any atom is 0.231 e. The minimum absolute atomic E-state index is 0.141. The zero-order valence-electron chi connectivity index (χ0n) is 64.4. The summed E-state index contributed by atoms with van der Waals surface area (Å²) in [4.78, 5) is 18.1. The zero-order chi connectivity index (χ0) is 73.0. The van der Waals surface area contributed by atoms with Gasteiger partial charge in [0.25, 0.3) is 0 Å². The Bertz CT molecular complexity index is 6130. The number of imidazole rings is 6. The lowest BCUT2D eigenvalue weighted by atomic mass is 10.00. The van der Waals surface area contributed by atoms with Crippen molar-refractivity contribution in [2.45, 2.75) is 89.8 Å². The van der Waals surface area contributed by atoms with Crippen LogP contribution in [-0.4, -0.2) is 46.8 Å². The van der Waals surface area contributed by atoms with Crippen molar-refractivity contribution >= 4 is 61.3 Å². The Morgan fingerprint density at radius 3 is 1.22 bits per heavy atom. The lowest BCUT2D eigenvalue weighted by Crippen LogP contribution is -2.34. The molecule has 16 aromatic rings. The van der Waals surface area contributed by atoms with Gasteiger partial charge in [-0.05, 0) is 149 Å². The highest BCUT2D eigenvalue weighted by Gasteiger charge is 2.31.